The zero-order valence-electron chi connectivity index (χ0n) is 10.3. The summed E-state index contributed by atoms with van der Waals surface area (Å²) in [6, 6.07) is 11.9. The van der Waals surface area contributed by atoms with Crippen LogP contribution in [0.15, 0.2) is 36.4 Å². The van der Waals surface area contributed by atoms with Gasteiger partial charge in [-0.1, -0.05) is 47.5 Å². The van der Waals surface area contributed by atoms with Crippen LogP contribution < -0.4 is 10.6 Å². The van der Waals surface area contributed by atoms with Gasteiger partial charge in [-0.2, -0.15) is 0 Å². The van der Waals surface area contributed by atoms with E-state index in [1.165, 1.54) is 16.8 Å². The van der Waals surface area contributed by atoms with Gasteiger partial charge in [0, 0.05) is 18.8 Å². The van der Waals surface area contributed by atoms with Crippen molar-refractivity contribution in [2.24, 2.45) is 0 Å². The molecule has 2 N–H and O–H groups in total. The number of anilines is 2. The fourth-order valence-corrected chi connectivity index (χ4v) is 2.94. The van der Waals surface area contributed by atoms with E-state index >= 15 is 0 Å². The van der Waals surface area contributed by atoms with Gasteiger partial charge in [-0.25, -0.2) is 0 Å². The van der Waals surface area contributed by atoms with Gasteiger partial charge >= 0.3 is 0 Å². The third-order valence-electron chi connectivity index (χ3n) is 3.35. The minimum Gasteiger partial charge on any atom is -0.384 e. The number of halogens is 2. The van der Waals surface area contributed by atoms with Gasteiger partial charge < -0.3 is 10.6 Å². The fourth-order valence-electron chi connectivity index (χ4n) is 2.41. The van der Waals surface area contributed by atoms with E-state index in [2.05, 4.69) is 28.8 Å². The largest absolute Gasteiger partial charge is 0.384 e. The number of benzene rings is 2. The molecule has 0 bridgehead atoms. The van der Waals surface area contributed by atoms with Gasteiger partial charge in [0.15, 0.2) is 0 Å². The molecule has 0 unspecified atom stereocenters. The number of hydrogen-bond donors (Lipinski definition) is 2. The van der Waals surface area contributed by atoms with E-state index in [-0.39, 0.29) is 0 Å². The first kappa shape index (κ1) is 12.6. The number of rotatable bonds is 3. The van der Waals surface area contributed by atoms with E-state index in [9.17, 15) is 0 Å². The molecule has 0 atom stereocenters. The second-order valence-corrected chi connectivity index (χ2v) is 5.39. The van der Waals surface area contributed by atoms with E-state index in [4.69, 9.17) is 23.2 Å². The topological polar surface area (TPSA) is 24.1 Å². The number of fused-ring (bicyclic) bond motifs is 1. The molecule has 0 amide bonds. The maximum Gasteiger partial charge on any atom is 0.0721 e. The number of hydrogen-bond acceptors (Lipinski definition) is 2. The molecule has 0 aliphatic carbocycles. The second-order valence-electron chi connectivity index (χ2n) is 4.58. The average Bonchev–Trinajstić information content (AvgIpc) is 2.87. The maximum absolute atomic E-state index is 6.15. The summed E-state index contributed by atoms with van der Waals surface area (Å²) < 4.78 is 0. The Balaban J connectivity index is 1.82. The quantitative estimate of drug-likeness (QED) is 0.866. The molecule has 4 heteroatoms. The van der Waals surface area contributed by atoms with Gasteiger partial charge in [0.1, 0.15) is 0 Å². The molecule has 1 heterocycles. The zero-order chi connectivity index (χ0) is 13.2. The highest BCUT2D eigenvalue weighted by Gasteiger charge is 2.13. The molecule has 19 heavy (non-hydrogen) atoms. The predicted octanol–water partition coefficient (Wildman–Crippen LogP) is 4.57. The molecular formula is C15H14Cl2N2. The van der Waals surface area contributed by atoms with Crippen LogP contribution in [0.4, 0.5) is 11.4 Å². The summed E-state index contributed by atoms with van der Waals surface area (Å²) in [5.74, 6) is 0. The van der Waals surface area contributed by atoms with E-state index < -0.39 is 0 Å². The van der Waals surface area contributed by atoms with Crippen LogP contribution in [0.1, 0.15) is 11.1 Å². The molecule has 0 aromatic heterocycles. The lowest BCUT2D eigenvalue weighted by molar-refractivity contribution is 1.11. The number of para-hydroxylation sites is 2. The Bertz CT molecular complexity index is 591. The van der Waals surface area contributed by atoms with Crippen molar-refractivity contribution in [3.63, 3.8) is 0 Å². The normalized spacial score (nSPS) is 12.9. The minimum atomic E-state index is 0.646. The van der Waals surface area contributed by atoms with Crippen molar-refractivity contribution < 1.29 is 0 Å². The molecule has 0 radical (unpaired) electrons. The minimum absolute atomic E-state index is 0.646. The van der Waals surface area contributed by atoms with E-state index in [0.717, 1.165) is 18.7 Å². The summed E-state index contributed by atoms with van der Waals surface area (Å²) in [6.45, 7) is 1.72. The van der Waals surface area contributed by atoms with Crippen LogP contribution >= 0.6 is 23.2 Å². The van der Waals surface area contributed by atoms with Crippen molar-refractivity contribution in [2.45, 2.75) is 13.0 Å². The van der Waals surface area contributed by atoms with Crippen molar-refractivity contribution in [3.8, 4) is 0 Å². The van der Waals surface area contributed by atoms with Gasteiger partial charge in [-0.3, -0.25) is 0 Å². The van der Waals surface area contributed by atoms with Crippen LogP contribution in [-0.2, 0) is 13.0 Å². The first-order valence-corrected chi connectivity index (χ1v) is 7.04. The first-order valence-electron chi connectivity index (χ1n) is 6.28. The first-order chi connectivity index (χ1) is 9.25. The molecule has 1 aliphatic rings. The van der Waals surface area contributed by atoms with Crippen molar-refractivity contribution >= 4 is 34.6 Å². The van der Waals surface area contributed by atoms with E-state index in [1.54, 1.807) is 0 Å². The molecule has 0 saturated carbocycles. The Kier molecular flexibility index (Phi) is 3.54. The monoisotopic (exact) mass is 292 g/mol. The molecular weight excluding hydrogens is 279 g/mol. The highest BCUT2D eigenvalue weighted by Crippen LogP contribution is 2.32. The Labute approximate surface area is 122 Å². The lowest BCUT2D eigenvalue weighted by atomic mass is 10.1. The summed E-state index contributed by atoms with van der Waals surface area (Å²) in [7, 11) is 0. The van der Waals surface area contributed by atoms with Crippen molar-refractivity contribution in [3.05, 3.63) is 57.6 Å². The van der Waals surface area contributed by atoms with Crippen LogP contribution in [0.25, 0.3) is 0 Å². The Morgan fingerprint density at radius 3 is 2.58 bits per heavy atom. The van der Waals surface area contributed by atoms with Gasteiger partial charge in [-0.05, 0) is 29.7 Å². The molecule has 2 aromatic carbocycles. The highest BCUT2D eigenvalue weighted by atomic mass is 35.5. The van der Waals surface area contributed by atoms with Gasteiger partial charge in [0.25, 0.3) is 0 Å². The van der Waals surface area contributed by atoms with Gasteiger partial charge in [0.05, 0.1) is 15.7 Å². The lowest BCUT2D eigenvalue weighted by Crippen LogP contribution is -2.03. The second kappa shape index (κ2) is 5.32. The van der Waals surface area contributed by atoms with Gasteiger partial charge in [-0.15, -0.1) is 0 Å². The van der Waals surface area contributed by atoms with Crippen molar-refractivity contribution in [1.82, 2.24) is 0 Å². The third-order valence-corrected chi connectivity index (χ3v) is 3.98. The summed E-state index contributed by atoms with van der Waals surface area (Å²) in [4.78, 5) is 0. The smallest absolute Gasteiger partial charge is 0.0721 e. The standard InChI is InChI=1S/C15H14Cl2N2/c16-12-5-2-6-13(17)15(12)19-9-11-4-1-3-10-7-8-18-14(10)11/h1-6,18-19H,7-9H2. The zero-order valence-corrected chi connectivity index (χ0v) is 11.9. The van der Waals surface area contributed by atoms with Crippen LogP contribution in [-0.4, -0.2) is 6.54 Å². The Morgan fingerprint density at radius 2 is 1.79 bits per heavy atom. The van der Waals surface area contributed by atoms with Crippen LogP contribution in [0, 0.1) is 0 Å². The molecule has 2 nitrogen and oxygen atoms in total. The van der Waals surface area contributed by atoms with Gasteiger partial charge in [0.2, 0.25) is 0 Å². The SMILES string of the molecule is Clc1cccc(Cl)c1NCc1cccc2c1NCC2. The molecule has 98 valence electrons. The summed E-state index contributed by atoms with van der Waals surface area (Å²) >= 11 is 12.3. The molecule has 0 saturated heterocycles. The number of nitrogens with one attached hydrogen (secondary N) is 2. The van der Waals surface area contributed by atoms with Crippen LogP contribution in [0.2, 0.25) is 10.0 Å². The van der Waals surface area contributed by atoms with E-state index in [1.807, 2.05) is 18.2 Å². The molecule has 0 spiro atoms. The molecule has 3 rings (SSSR count). The maximum atomic E-state index is 6.15. The summed E-state index contributed by atoms with van der Waals surface area (Å²) in [5.41, 5.74) is 4.66. The highest BCUT2D eigenvalue weighted by molar-refractivity contribution is 6.39. The predicted molar refractivity (Wildman–Crippen MR) is 82.4 cm³/mol. The van der Waals surface area contributed by atoms with Crippen molar-refractivity contribution in [2.75, 3.05) is 17.2 Å². The fraction of sp³-hybridized carbons (Fsp3) is 0.200. The molecule has 2 aromatic rings. The Hall–Kier alpha value is -1.38. The molecule has 0 fully saturated rings. The van der Waals surface area contributed by atoms with Crippen LogP contribution in [0.3, 0.4) is 0 Å². The van der Waals surface area contributed by atoms with Crippen molar-refractivity contribution in [1.29, 1.82) is 0 Å². The molecule has 1 aliphatic heterocycles. The average molecular weight is 293 g/mol. The lowest BCUT2D eigenvalue weighted by Gasteiger charge is -2.13. The third kappa shape index (κ3) is 2.51. The summed E-state index contributed by atoms with van der Waals surface area (Å²) in [6.07, 6.45) is 1.09. The summed E-state index contributed by atoms with van der Waals surface area (Å²) in [5, 5.41) is 8.04. The van der Waals surface area contributed by atoms with E-state index in [0.29, 0.717) is 16.6 Å². The Morgan fingerprint density at radius 1 is 1.05 bits per heavy atom. The van der Waals surface area contributed by atoms with Crippen LogP contribution in [0.5, 0.6) is 0 Å².